The number of hydrogen-bond acceptors (Lipinski definition) is 6. The number of amides is 1. The van der Waals surface area contributed by atoms with Crippen molar-refractivity contribution in [2.24, 2.45) is 0 Å². The highest BCUT2D eigenvalue weighted by Crippen LogP contribution is 2.21. The molecule has 1 aliphatic rings. The lowest BCUT2D eigenvalue weighted by Crippen LogP contribution is -2.47. The van der Waals surface area contributed by atoms with Crippen LogP contribution in [0.25, 0.3) is 4.96 Å². The highest BCUT2D eigenvalue weighted by atomic mass is 32.1. The molecule has 1 saturated heterocycles. The molecule has 2 aromatic heterocycles. The first-order valence-electron chi connectivity index (χ1n) is 4.95. The maximum atomic E-state index is 11.6. The number of fused-ring (bicyclic) bond motifs is 1. The summed E-state index contributed by atoms with van der Waals surface area (Å²) in [6.07, 6.45) is 0. The van der Waals surface area contributed by atoms with Crippen molar-refractivity contribution in [1.29, 1.82) is 0 Å². The second kappa shape index (κ2) is 3.49. The highest BCUT2D eigenvalue weighted by molar-refractivity contribution is 7.16. The van der Waals surface area contributed by atoms with Gasteiger partial charge in [-0.3, -0.25) is 10.1 Å². The van der Waals surface area contributed by atoms with Crippen LogP contribution in [-0.2, 0) is 4.79 Å². The molecule has 16 heavy (non-hydrogen) atoms. The Labute approximate surface area is 94.9 Å². The average Bonchev–Trinajstić information content (AvgIpc) is 2.82. The van der Waals surface area contributed by atoms with E-state index in [1.54, 1.807) is 4.52 Å². The number of carbonyl (C=O) groups excluding carboxylic acids is 1. The van der Waals surface area contributed by atoms with E-state index in [-0.39, 0.29) is 11.9 Å². The maximum absolute atomic E-state index is 11.6. The molecule has 3 heterocycles. The Hall–Kier alpha value is -1.54. The normalized spacial score (nSPS) is 21.3. The summed E-state index contributed by atoms with van der Waals surface area (Å²) in [6.45, 7) is 3.26. The molecule has 0 radical (unpaired) electrons. The summed E-state index contributed by atoms with van der Waals surface area (Å²) >= 11 is 1.38. The monoisotopic (exact) mass is 238 g/mol. The lowest BCUT2D eigenvalue weighted by molar-refractivity contribution is -0.124. The van der Waals surface area contributed by atoms with E-state index in [0.717, 1.165) is 17.4 Å². The molecular weight excluding hydrogens is 228 g/mol. The molecule has 2 N–H and O–H groups in total. The Morgan fingerprint density at radius 2 is 2.31 bits per heavy atom. The minimum Gasteiger partial charge on any atom is -0.353 e. The zero-order valence-electron chi connectivity index (χ0n) is 8.60. The molecule has 1 atom stereocenters. The van der Waals surface area contributed by atoms with Gasteiger partial charge < -0.3 is 5.32 Å². The first kappa shape index (κ1) is 9.67. The van der Waals surface area contributed by atoms with Gasteiger partial charge in [0.05, 0.1) is 0 Å². The summed E-state index contributed by atoms with van der Waals surface area (Å²) in [5.74, 6) is 0.697. The first-order valence-corrected chi connectivity index (χ1v) is 5.77. The van der Waals surface area contributed by atoms with Crippen LogP contribution in [0.4, 0.5) is 0 Å². The van der Waals surface area contributed by atoms with E-state index in [2.05, 4.69) is 25.9 Å². The fourth-order valence-corrected chi connectivity index (χ4v) is 2.60. The lowest BCUT2D eigenvalue weighted by Gasteiger charge is -2.20. The van der Waals surface area contributed by atoms with E-state index < -0.39 is 0 Å². The van der Waals surface area contributed by atoms with E-state index in [4.69, 9.17) is 0 Å². The Balaban J connectivity index is 2.01. The third-order valence-electron chi connectivity index (χ3n) is 2.44. The van der Waals surface area contributed by atoms with Gasteiger partial charge in [0.25, 0.3) is 0 Å². The molecule has 1 aliphatic heterocycles. The predicted molar refractivity (Wildman–Crippen MR) is 57.1 cm³/mol. The number of aromatic nitrogens is 4. The lowest BCUT2D eigenvalue weighted by atomic mass is 10.2. The van der Waals surface area contributed by atoms with Crippen LogP contribution in [-0.4, -0.2) is 38.8 Å². The molecule has 8 heteroatoms. The fraction of sp³-hybridized carbons (Fsp3) is 0.500. The Morgan fingerprint density at radius 3 is 3.06 bits per heavy atom. The topological polar surface area (TPSA) is 84.2 Å². The number of hydrogen-bond donors (Lipinski definition) is 2. The highest BCUT2D eigenvalue weighted by Gasteiger charge is 2.27. The van der Waals surface area contributed by atoms with Crippen LogP contribution < -0.4 is 10.6 Å². The van der Waals surface area contributed by atoms with Gasteiger partial charge >= 0.3 is 0 Å². The second-order valence-electron chi connectivity index (χ2n) is 3.56. The zero-order chi connectivity index (χ0) is 11.1. The predicted octanol–water partition coefficient (Wildman–Crippen LogP) is -0.745. The molecular formula is C8H10N6OS. The van der Waals surface area contributed by atoms with Crippen molar-refractivity contribution in [3.63, 3.8) is 0 Å². The zero-order valence-corrected chi connectivity index (χ0v) is 9.41. The van der Waals surface area contributed by atoms with Crippen molar-refractivity contribution in [2.45, 2.75) is 13.0 Å². The molecule has 1 amide bonds. The SMILES string of the molecule is Cc1nnc2sc(C3NCCNC3=O)nn12. The smallest absolute Gasteiger partial charge is 0.244 e. The van der Waals surface area contributed by atoms with Crippen molar-refractivity contribution in [2.75, 3.05) is 13.1 Å². The summed E-state index contributed by atoms with van der Waals surface area (Å²) in [7, 11) is 0. The third-order valence-corrected chi connectivity index (χ3v) is 3.41. The van der Waals surface area contributed by atoms with Crippen LogP contribution in [0.15, 0.2) is 0 Å². The van der Waals surface area contributed by atoms with Gasteiger partial charge in [0.1, 0.15) is 11.0 Å². The molecule has 0 aliphatic carbocycles. The van der Waals surface area contributed by atoms with E-state index in [9.17, 15) is 4.79 Å². The second-order valence-corrected chi connectivity index (χ2v) is 4.55. The van der Waals surface area contributed by atoms with Crippen LogP contribution in [0.3, 0.4) is 0 Å². The Bertz CT molecular complexity index is 546. The molecule has 0 saturated carbocycles. The van der Waals surface area contributed by atoms with Gasteiger partial charge in [0.15, 0.2) is 5.82 Å². The van der Waals surface area contributed by atoms with Crippen molar-refractivity contribution in [3.05, 3.63) is 10.8 Å². The Kier molecular flexibility index (Phi) is 2.11. The molecule has 2 aromatic rings. The van der Waals surface area contributed by atoms with E-state index in [0.29, 0.717) is 11.5 Å². The quantitative estimate of drug-likeness (QED) is 0.683. The largest absolute Gasteiger partial charge is 0.353 e. The van der Waals surface area contributed by atoms with E-state index >= 15 is 0 Å². The van der Waals surface area contributed by atoms with Gasteiger partial charge in [-0.2, -0.15) is 9.61 Å². The maximum Gasteiger partial charge on any atom is 0.244 e. The Morgan fingerprint density at radius 1 is 1.44 bits per heavy atom. The summed E-state index contributed by atoms with van der Waals surface area (Å²) in [5.41, 5.74) is 0. The van der Waals surface area contributed by atoms with Crippen molar-refractivity contribution in [3.8, 4) is 0 Å². The number of nitrogens with zero attached hydrogens (tertiary/aromatic N) is 4. The van der Waals surface area contributed by atoms with E-state index in [1.165, 1.54) is 11.3 Å². The van der Waals surface area contributed by atoms with Gasteiger partial charge in [-0.05, 0) is 6.92 Å². The van der Waals surface area contributed by atoms with Crippen LogP contribution in [0.1, 0.15) is 16.9 Å². The fourth-order valence-electron chi connectivity index (χ4n) is 1.64. The summed E-state index contributed by atoms with van der Waals surface area (Å²) < 4.78 is 1.66. The first-order chi connectivity index (χ1) is 7.75. The molecule has 84 valence electrons. The van der Waals surface area contributed by atoms with Crippen LogP contribution in [0.2, 0.25) is 0 Å². The average molecular weight is 238 g/mol. The third kappa shape index (κ3) is 1.38. The minimum atomic E-state index is -0.361. The standard InChI is InChI=1S/C8H10N6OS/c1-4-11-12-8-14(4)13-7(16-8)5-6(15)10-3-2-9-5/h5,9H,2-3H2,1H3,(H,10,15). The molecule has 1 unspecified atom stereocenters. The van der Waals surface area contributed by atoms with Gasteiger partial charge in [0, 0.05) is 13.1 Å². The van der Waals surface area contributed by atoms with Crippen LogP contribution >= 0.6 is 11.3 Å². The summed E-state index contributed by atoms with van der Waals surface area (Å²) in [5, 5.41) is 18.9. The van der Waals surface area contributed by atoms with Crippen molar-refractivity contribution in [1.82, 2.24) is 30.4 Å². The minimum absolute atomic E-state index is 0.0335. The van der Waals surface area contributed by atoms with Crippen molar-refractivity contribution >= 4 is 22.2 Å². The van der Waals surface area contributed by atoms with Gasteiger partial charge in [-0.1, -0.05) is 11.3 Å². The molecule has 7 nitrogen and oxygen atoms in total. The molecule has 0 spiro atoms. The van der Waals surface area contributed by atoms with Crippen molar-refractivity contribution < 1.29 is 4.79 Å². The summed E-state index contributed by atoms with van der Waals surface area (Å²) in [4.78, 5) is 12.3. The molecule has 1 fully saturated rings. The van der Waals surface area contributed by atoms with Gasteiger partial charge in [-0.25, -0.2) is 0 Å². The number of piperazine rings is 1. The van der Waals surface area contributed by atoms with Gasteiger partial charge in [0.2, 0.25) is 10.9 Å². The summed E-state index contributed by atoms with van der Waals surface area (Å²) in [6, 6.07) is -0.361. The molecule has 0 aromatic carbocycles. The van der Waals surface area contributed by atoms with Gasteiger partial charge in [-0.15, -0.1) is 10.2 Å². The molecule has 0 bridgehead atoms. The number of rotatable bonds is 1. The van der Waals surface area contributed by atoms with Crippen LogP contribution in [0.5, 0.6) is 0 Å². The van der Waals surface area contributed by atoms with E-state index in [1.807, 2.05) is 6.92 Å². The van der Waals surface area contributed by atoms with Crippen LogP contribution in [0, 0.1) is 6.92 Å². The molecule has 3 rings (SSSR count). The number of nitrogens with one attached hydrogen (secondary N) is 2. The number of carbonyl (C=O) groups is 1. The number of aryl methyl sites for hydroxylation is 1.